The summed E-state index contributed by atoms with van der Waals surface area (Å²) in [7, 11) is 0. The molecular weight excluding hydrogens is 421 g/mol. The highest BCUT2D eigenvalue weighted by molar-refractivity contribution is 5.94. The fourth-order valence-corrected chi connectivity index (χ4v) is 4.13. The molecule has 0 spiro atoms. The monoisotopic (exact) mass is 445 g/mol. The normalized spacial score (nSPS) is 14.1. The van der Waals surface area contributed by atoms with Crippen LogP contribution in [0.25, 0.3) is 22.6 Å². The van der Waals surface area contributed by atoms with E-state index in [-0.39, 0.29) is 24.7 Å². The Balaban J connectivity index is 1.45. The Morgan fingerprint density at radius 3 is 2.58 bits per heavy atom. The highest BCUT2D eigenvalue weighted by Gasteiger charge is 2.30. The largest absolute Gasteiger partial charge is 0.333 e. The van der Waals surface area contributed by atoms with Crippen LogP contribution in [0.2, 0.25) is 0 Å². The maximum Gasteiger partial charge on any atom is 0.328 e. The smallest absolute Gasteiger partial charge is 0.328 e. The molecule has 168 valence electrons. The number of likely N-dealkylation sites (tertiary alicyclic amines) is 1. The third-order valence-corrected chi connectivity index (χ3v) is 6.00. The molecule has 1 fully saturated rings. The van der Waals surface area contributed by atoms with E-state index >= 15 is 0 Å². The van der Waals surface area contributed by atoms with Crippen LogP contribution in [0.4, 0.5) is 4.39 Å². The number of halogens is 1. The number of nitrogens with zero attached hydrogens (tertiary/aromatic N) is 4. The van der Waals surface area contributed by atoms with E-state index in [2.05, 4.69) is 29.9 Å². The van der Waals surface area contributed by atoms with Crippen molar-refractivity contribution in [1.82, 2.24) is 24.4 Å². The van der Waals surface area contributed by atoms with Crippen molar-refractivity contribution in [3.05, 3.63) is 81.9 Å². The second-order valence-electron chi connectivity index (χ2n) is 8.69. The first-order chi connectivity index (χ1) is 15.9. The van der Waals surface area contributed by atoms with E-state index in [4.69, 9.17) is 4.98 Å². The Kier molecular flexibility index (Phi) is 5.28. The van der Waals surface area contributed by atoms with Crippen molar-refractivity contribution in [2.75, 3.05) is 13.1 Å². The number of alkyl halides is 1. The first-order valence-corrected chi connectivity index (χ1v) is 11.0. The van der Waals surface area contributed by atoms with Crippen LogP contribution in [-0.4, -0.2) is 49.6 Å². The number of hydrogen-bond donors (Lipinski definition) is 1. The number of aromatic amines is 1. The number of benzene rings is 2. The van der Waals surface area contributed by atoms with Crippen molar-refractivity contribution >= 4 is 17.1 Å². The molecule has 0 atom stereocenters. The second-order valence-corrected chi connectivity index (χ2v) is 8.69. The Morgan fingerprint density at radius 1 is 1.15 bits per heavy atom. The van der Waals surface area contributed by atoms with Crippen LogP contribution in [-0.2, 0) is 6.54 Å². The molecule has 1 saturated heterocycles. The predicted molar refractivity (Wildman–Crippen MR) is 124 cm³/mol. The van der Waals surface area contributed by atoms with Gasteiger partial charge in [-0.15, -0.1) is 0 Å². The van der Waals surface area contributed by atoms with Gasteiger partial charge in [-0.1, -0.05) is 50.2 Å². The van der Waals surface area contributed by atoms with E-state index in [1.165, 1.54) is 4.90 Å². The van der Waals surface area contributed by atoms with Gasteiger partial charge in [-0.25, -0.2) is 19.2 Å². The number of imidazole rings is 1. The van der Waals surface area contributed by atoms with Crippen LogP contribution in [0.1, 0.15) is 41.3 Å². The van der Waals surface area contributed by atoms with Crippen molar-refractivity contribution in [3.8, 4) is 11.4 Å². The molecule has 0 aliphatic carbocycles. The summed E-state index contributed by atoms with van der Waals surface area (Å²) in [6.45, 7) is 4.83. The van der Waals surface area contributed by atoms with E-state index in [1.54, 1.807) is 35.0 Å². The number of amides is 1. The van der Waals surface area contributed by atoms with E-state index in [0.717, 1.165) is 16.7 Å². The minimum Gasteiger partial charge on any atom is -0.333 e. The second kappa shape index (κ2) is 8.27. The van der Waals surface area contributed by atoms with Crippen LogP contribution >= 0.6 is 0 Å². The predicted octanol–water partition coefficient (Wildman–Crippen LogP) is 3.75. The molecular formula is C25H24FN5O2. The molecule has 7 nitrogen and oxygen atoms in total. The number of hydrogen-bond acceptors (Lipinski definition) is 4. The van der Waals surface area contributed by atoms with Gasteiger partial charge in [-0.05, 0) is 29.2 Å². The Labute approximate surface area is 189 Å². The molecule has 0 radical (unpaired) electrons. The van der Waals surface area contributed by atoms with Crippen molar-refractivity contribution in [1.29, 1.82) is 0 Å². The number of H-pyrrole nitrogens is 1. The van der Waals surface area contributed by atoms with Crippen molar-refractivity contribution in [2.45, 2.75) is 32.5 Å². The van der Waals surface area contributed by atoms with E-state index < -0.39 is 6.17 Å². The van der Waals surface area contributed by atoms with Crippen LogP contribution in [0.15, 0.2) is 59.5 Å². The Morgan fingerprint density at radius 2 is 1.88 bits per heavy atom. The summed E-state index contributed by atoms with van der Waals surface area (Å²) in [5.41, 5.74) is 4.26. The zero-order valence-corrected chi connectivity index (χ0v) is 18.5. The summed E-state index contributed by atoms with van der Waals surface area (Å²) in [4.78, 5) is 38.5. The minimum absolute atomic E-state index is 0.146. The average molecular weight is 445 g/mol. The summed E-state index contributed by atoms with van der Waals surface area (Å²) in [6.07, 6.45) is 0.709. The van der Waals surface area contributed by atoms with Gasteiger partial charge < -0.3 is 9.88 Å². The zero-order chi connectivity index (χ0) is 23.1. The van der Waals surface area contributed by atoms with E-state index in [1.807, 2.05) is 18.2 Å². The van der Waals surface area contributed by atoms with Crippen LogP contribution in [0.5, 0.6) is 0 Å². The molecule has 2 aromatic heterocycles. The number of carbonyl (C=O) groups is 1. The molecule has 33 heavy (non-hydrogen) atoms. The molecule has 0 unspecified atom stereocenters. The quantitative estimate of drug-likeness (QED) is 0.507. The maximum atomic E-state index is 13.0. The van der Waals surface area contributed by atoms with Gasteiger partial charge in [0, 0.05) is 11.1 Å². The van der Waals surface area contributed by atoms with Gasteiger partial charge in [0.05, 0.1) is 25.8 Å². The molecule has 1 aliphatic rings. The zero-order valence-electron chi connectivity index (χ0n) is 18.5. The number of carbonyl (C=O) groups excluding carboxylic acids is 1. The highest BCUT2D eigenvalue weighted by atomic mass is 19.1. The van der Waals surface area contributed by atoms with E-state index in [9.17, 15) is 14.0 Å². The fourth-order valence-electron chi connectivity index (χ4n) is 4.13. The lowest BCUT2D eigenvalue weighted by atomic mass is 9.97. The third-order valence-electron chi connectivity index (χ3n) is 6.00. The molecule has 8 heteroatoms. The number of rotatable bonds is 5. The lowest BCUT2D eigenvalue weighted by Crippen LogP contribution is -2.51. The molecule has 3 heterocycles. The summed E-state index contributed by atoms with van der Waals surface area (Å²) in [5, 5.41) is 0. The summed E-state index contributed by atoms with van der Waals surface area (Å²) < 4.78 is 14.6. The van der Waals surface area contributed by atoms with Crippen LogP contribution < -0.4 is 5.69 Å². The first kappa shape index (κ1) is 21.1. The summed E-state index contributed by atoms with van der Waals surface area (Å²) in [5.74, 6) is 0.698. The van der Waals surface area contributed by atoms with Gasteiger partial charge in [0.1, 0.15) is 11.7 Å². The van der Waals surface area contributed by atoms with Crippen LogP contribution in [0.3, 0.4) is 0 Å². The van der Waals surface area contributed by atoms with Crippen molar-refractivity contribution in [3.63, 3.8) is 0 Å². The topological polar surface area (TPSA) is 83.9 Å². The molecule has 1 N–H and O–H groups in total. The minimum atomic E-state index is -0.929. The number of nitrogens with one attached hydrogen (secondary N) is 1. The molecule has 0 bridgehead atoms. The lowest BCUT2D eigenvalue weighted by molar-refractivity contribution is 0.0400. The van der Waals surface area contributed by atoms with Gasteiger partial charge in [-0.3, -0.25) is 9.36 Å². The van der Waals surface area contributed by atoms with Gasteiger partial charge in [0.15, 0.2) is 11.5 Å². The number of fused-ring (bicyclic) bond motifs is 1. The van der Waals surface area contributed by atoms with E-state index in [0.29, 0.717) is 35.0 Å². The van der Waals surface area contributed by atoms with Crippen molar-refractivity contribution < 1.29 is 9.18 Å². The van der Waals surface area contributed by atoms with Gasteiger partial charge in [0.2, 0.25) is 0 Å². The SMILES string of the molecule is CC(C)c1ccccc1-c1ncc2[nH]c(=O)n(Cc3ccc(C(=O)N4CC(F)C4)cc3)c2n1. The standard InChI is InChI=1S/C25H24FN5O2/c1-15(2)19-5-3-4-6-20(19)22-27-11-21-23(29-22)31(25(33)28-21)12-16-7-9-17(10-8-16)24(32)30-13-18(26)14-30/h3-11,15,18H,12-14H2,1-2H3,(H,28,33). The third kappa shape index (κ3) is 3.92. The summed E-state index contributed by atoms with van der Waals surface area (Å²) in [6, 6.07) is 15.0. The highest BCUT2D eigenvalue weighted by Crippen LogP contribution is 2.27. The maximum absolute atomic E-state index is 13.0. The molecule has 0 saturated carbocycles. The summed E-state index contributed by atoms with van der Waals surface area (Å²) >= 11 is 0. The van der Waals surface area contributed by atoms with Crippen LogP contribution in [0, 0.1) is 0 Å². The molecule has 1 aliphatic heterocycles. The first-order valence-electron chi connectivity index (χ1n) is 11.0. The van der Waals surface area contributed by atoms with Crippen molar-refractivity contribution in [2.24, 2.45) is 0 Å². The molecule has 1 amide bonds. The van der Waals surface area contributed by atoms with Gasteiger partial charge in [0.25, 0.3) is 5.91 Å². The number of aromatic nitrogens is 4. The Bertz CT molecular complexity index is 1380. The molecule has 4 aromatic rings. The molecule has 2 aromatic carbocycles. The van der Waals surface area contributed by atoms with Gasteiger partial charge >= 0.3 is 5.69 Å². The molecule has 5 rings (SSSR count). The fraction of sp³-hybridized carbons (Fsp3) is 0.280. The average Bonchev–Trinajstić information content (AvgIpc) is 3.11. The Hall–Kier alpha value is -3.81. The van der Waals surface area contributed by atoms with Gasteiger partial charge in [-0.2, -0.15) is 0 Å². The lowest BCUT2D eigenvalue weighted by Gasteiger charge is -2.34.